The number of halogens is 1. The lowest BCUT2D eigenvalue weighted by molar-refractivity contribution is 0.859. The van der Waals surface area contributed by atoms with Crippen LogP contribution in [0.5, 0.6) is 0 Å². The van der Waals surface area contributed by atoms with Crippen LogP contribution >= 0.6 is 38.6 Å². The van der Waals surface area contributed by atoms with Gasteiger partial charge in [-0.2, -0.15) is 0 Å². The van der Waals surface area contributed by atoms with Crippen LogP contribution < -0.4 is 5.73 Å². The van der Waals surface area contributed by atoms with Crippen LogP contribution in [0.3, 0.4) is 0 Å². The van der Waals surface area contributed by atoms with Gasteiger partial charge in [-0.25, -0.2) is 4.98 Å². The molecule has 2 nitrogen and oxygen atoms in total. The first-order valence-corrected chi connectivity index (χ1v) is 8.24. The van der Waals surface area contributed by atoms with Gasteiger partial charge >= 0.3 is 0 Å². The van der Waals surface area contributed by atoms with E-state index in [0.29, 0.717) is 0 Å². The molecule has 96 valence electrons. The van der Waals surface area contributed by atoms with Gasteiger partial charge < -0.3 is 5.73 Å². The Morgan fingerprint density at radius 3 is 2.58 bits per heavy atom. The maximum atomic E-state index is 6.25. The Labute approximate surface area is 128 Å². The van der Waals surface area contributed by atoms with Crippen molar-refractivity contribution >= 4 is 38.6 Å². The zero-order valence-electron chi connectivity index (χ0n) is 9.92. The van der Waals surface area contributed by atoms with Crippen LogP contribution in [0, 0.1) is 0 Å². The number of benzene rings is 1. The second kappa shape index (κ2) is 5.54. The van der Waals surface area contributed by atoms with E-state index in [0.717, 1.165) is 24.9 Å². The first-order valence-electron chi connectivity index (χ1n) is 5.75. The third kappa shape index (κ3) is 2.79. The number of thiophene rings is 1. The standard InChI is InChI=1S/C14H11BrN2S2/c15-12-7-6-11(19-12)10-8-18-14(17-10)13(16)9-4-2-1-3-5-9/h1-8,13H,16H2. The van der Waals surface area contributed by atoms with Gasteiger partial charge in [-0.15, -0.1) is 22.7 Å². The minimum Gasteiger partial charge on any atom is -0.318 e. The first kappa shape index (κ1) is 13.0. The summed E-state index contributed by atoms with van der Waals surface area (Å²) in [5.41, 5.74) is 8.35. The average molecular weight is 351 g/mol. The van der Waals surface area contributed by atoms with Crippen molar-refractivity contribution in [2.45, 2.75) is 6.04 Å². The number of nitrogens with zero attached hydrogens (tertiary/aromatic N) is 1. The molecule has 2 aromatic heterocycles. The number of aromatic nitrogens is 1. The predicted octanol–water partition coefficient (Wildman–Crippen LogP) is 4.68. The van der Waals surface area contributed by atoms with E-state index in [-0.39, 0.29) is 6.04 Å². The molecule has 0 aliphatic rings. The van der Waals surface area contributed by atoms with Crippen molar-refractivity contribution in [1.29, 1.82) is 0 Å². The highest BCUT2D eigenvalue weighted by Gasteiger charge is 2.14. The average Bonchev–Trinajstić information content (AvgIpc) is 3.07. The monoisotopic (exact) mass is 350 g/mol. The van der Waals surface area contributed by atoms with Crippen molar-refractivity contribution in [1.82, 2.24) is 4.98 Å². The largest absolute Gasteiger partial charge is 0.318 e. The van der Waals surface area contributed by atoms with E-state index in [4.69, 9.17) is 5.73 Å². The van der Waals surface area contributed by atoms with Gasteiger partial charge in [0, 0.05) is 5.38 Å². The van der Waals surface area contributed by atoms with Crippen LogP contribution in [-0.2, 0) is 0 Å². The Balaban J connectivity index is 1.89. The van der Waals surface area contributed by atoms with Gasteiger partial charge in [-0.3, -0.25) is 0 Å². The van der Waals surface area contributed by atoms with Gasteiger partial charge in [0.2, 0.25) is 0 Å². The molecular weight excluding hydrogens is 340 g/mol. The maximum Gasteiger partial charge on any atom is 0.115 e. The van der Waals surface area contributed by atoms with Crippen LogP contribution in [0.25, 0.3) is 10.6 Å². The topological polar surface area (TPSA) is 38.9 Å². The van der Waals surface area contributed by atoms with Crippen molar-refractivity contribution in [3.8, 4) is 10.6 Å². The fourth-order valence-corrected chi connectivity index (χ4v) is 4.07. The Hall–Kier alpha value is -1.01. The molecule has 2 N–H and O–H groups in total. The van der Waals surface area contributed by atoms with E-state index in [2.05, 4.69) is 32.4 Å². The van der Waals surface area contributed by atoms with Crippen molar-refractivity contribution in [2.75, 3.05) is 0 Å². The van der Waals surface area contributed by atoms with Crippen LogP contribution in [-0.4, -0.2) is 4.98 Å². The van der Waals surface area contributed by atoms with E-state index >= 15 is 0 Å². The van der Waals surface area contributed by atoms with Crippen molar-refractivity contribution in [2.24, 2.45) is 5.73 Å². The minimum absolute atomic E-state index is 0.150. The third-order valence-corrected chi connectivity index (χ3v) is 5.35. The van der Waals surface area contributed by atoms with Gasteiger partial charge in [-0.1, -0.05) is 30.3 Å². The molecule has 0 radical (unpaired) electrons. The van der Waals surface area contributed by atoms with E-state index in [1.165, 1.54) is 0 Å². The predicted molar refractivity (Wildman–Crippen MR) is 85.6 cm³/mol. The molecule has 0 fully saturated rings. The maximum absolute atomic E-state index is 6.25. The fraction of sp³-hybridized carbons (Fsp3) is 0.0714. The zero-order chi connectivity index (χ0) is 13.2. The number of thiazole rings is 1. The molecule has 3 aromatic rings. The molecule has 5 heteroatoms. The summed E-state index contributed by atoms with van der Waals surface area (Å²) in [5, 5.41) is 3.02. The molecule has 1 aromatic carbocycles. The highest BCUT2D eigenvalue weighted by molar-refractivity contribution is 9.11. The normalized spacial score (nSPS) is 12.5. The lowest BCUT2D eigenvalue weighted by Gasteiger charge is -2.07. The van der Waals surface area contributed by atoms with Gasteiger partial charge in [-0.05, 0) is 33.6 Å². The summed E-state index contributed by atoms with van der Waals surface area (Å²) in [7, 11) is 0. The van der Waals surface area contributed by atoms with Crippen LogP contribution in [0.4, 0.5) is 0 Å². The number of rotatable bonds is 3. The molecule has 2 heterocycles. The fourth-order valence-electron chi connectivity index (χ4n) is 1.80. The molecule has 3 rings (SSSR count). The van der Waals surface area contributed by atoms with Crippen molar-refractivity contribution in [3.63, 3.8) is 0 Å². The lowest BCUT2D eigenvalue weighted by Crippen LogP contribution is -2.11. The third-order valence-electron chi connectivity index (χ3n) is 2.77. The Kier molecular flexibility index (Phi) is 3.79. The van der Waals surface area contributed by atoms with Crippen molar-refractivity contribution in [3.05, 3.63) is 62.2 Å². The molecule has 0 saturated carbocycles. The van der Waals surface area contributed by atoms with E-state index in [1.54, 1.807) is 22.7 Å². The second-order valence-electron chi connectivity index (χ2n) is 4.06. The molecule has 0 spiro atoms. The Bertz CT molecular complexity index is 676. The van der Waals surface area contributed by atoms with Crippen LogP contribution in [0.2, 0.25) is 0 Å². The van der Waals surface area contributed by atoms with Crippen LogP contribution in [0.15, 0.2) is 51.6 Å². The summed E-state index contributed by atoms with van der Waals surface area (Å²) in [6.45, 7) is 0. The van der Waals surface area contributed by atoms with E-state index < -0.39 is 0 Å². The van der Waals surface area contributed by atoms with E-state index in [1.807, 2.05) is 36.4 Å². The van der Waals surface area contributed by atoms with E-state index in [9.17, 15) is 0 Å². The van der Waals surface area contributed by atoms with Crippen molar-refractivity contribution < 1.29 is 0 Å². The van der Waals surface area contributed by atoms with Gasteiger partial charge in [0.25, 0.3) is 0 Å². The molecule has 0 aliphatic carbocycles. The summed E-state index contributed by atoms with van der Waals surface area (Å²) in [4.78, 5) is 5.81. The number of hydrogen-bond acceptors (Lipinski definition) is 4. The number of nitrogens with two attached hydrogens (primary N) is 1. The summed E-state index contributed by atoms with van der Waals surface area (Å²) in [6.07, 6.45) is 0. The Morgan fingerprint density at radius 2 is 1.89 bits per heavy atom. The SMILES string of the molecule is NC(c1ccccc1)c1nc(-c2ccc(Br)s2)cs1. The summed E-state index contributed by atoms with van der Waals surface area (Å²) < 4.78 is 1.12. The lowest BCUT2D eigenvalue weighted by atomic mass is 10.1. The molecule has 0 amide bonds. The van der Waals surface area contributed by atoms with Gasteiger partial charge in [0.05, 0.1) is 20.4 Å². The quantitative estimate of drug-likeness (QED) is 0.744. The van der Waals surface area contributed by atoms with Gasteiger partial charge in [0.1, 0.15) is 5.01 Å². The molecule has 1 atom stereocenters. The molecular formula is C14H11BrN2S2. The molecule has 19 heavy (non-hydrogen) atoms. The first-order chi connectivity index (χ1) is 9.24. The highest BCUT2D eigenvalue weighted by Crippen LogP contribution is 2.33. The zero-order valence-corrected chi connectivity index (χ0v) is 13.1. The molecule has 0 bridgehead atoms. The van der Waals surface area contributed by atoms with Crippen LogP contribution in [0.1, 0.15) is 16.6 Å². The smallest absolute Gasteiger partial charge is 0.115 e. The molecule has 0 saturated heterocycles. The van der Waals surface area contributed by atoms with Gasteiger partial charge in [0.15, 0.2) is 0 Å². The highest BCUT2D eigenvalue weighted by atomic mass is 79.9. The summed E-state index contributed by atoms with van der Waals surface area (Å²) >= 11 is 6.76. The molecule has 1 unspecified atom stereocenters. The Morgan fingerprint density at radius 1 is 1.11 bits per heavy atom. The minimum atomic E-state index is -0.150. The summed E-state index contributed by atoms with van der Waals surface area (Å²) in [5.74, 6) is 0. The molecule has 0 aliphatic heterocycles. The number of hydrogen-bond donors (Lipinski definition) is 1. The summed E-state index contributed by atoms with van der Waals surface area (Å²) in [6, 6.07) is 14.0. The second-order valence-corrected chi connectivity index (χ2v) is 7.42.